The molecule has 0 unspecified atom stereocenters. The third-order valence-corrected chi connectivity index (χ3v) is 5.90. The molecular formula is C22H14F2N4O7S. The zero-order chi connectivity index (χ0) is 26.5. The molecule has 0 saturated heterocycles. The number of amides is 1. The molecule has 0 aromatic heterocycles. The summed E-state index contributed by atoms with van der Waals surface area (Å²) in [5, 5.41) is 22.2. The van der Waals surface area contributed by atoms with Crippen LogP contribution in [-0.2, 0) is 19.6 Å². The molecule has 14 heteroatoms. The molecule has 0 radical (unpaired) electrons. The van der Waals surface area contributed by atoms with Crippen LogP contribution in [0.25, 0.3) is 0 Å². The number of nitrogens with one attached hydrogen (secondary N) is 2. The van der Waals surface area contributed by atoms with E-state index in [1.165, 1.54) is 24.3 Å². The molecule has 0 fully saturated rings. The lowest BCUT2D eigenvalue weighted by Crippen LogP contribution is -2.21. The Bertz CT molecular complexity index is 1500. The van der Waals surface area contributed by atoms with E-state index in [1.807, 2.05) is 0 Å². The van der Waals surface area contributed by atoms with Gasteiger partial charge in [0.2, 0.25) is 0 Å². The van der Waals surface area contributed by atoms with Gasteiger partial charge in [0.1, 0.15) is 6.07 Å². The Morgan fingerprint density at radius 2 is 1.72 bits per heavy atom. The van der Waals surface area contributed by atoms with Gasteiger partial charge in [-0.15, -0.1) is 0 Å². The van der Waals surface area contributed by atoms with Gasteiger partial charge in [-0.2, -0.15) is 5.26 Å². The van der Waals surface area contributed by atoms with E-state index in [4.69, 9.17) is 10.00 Å². The van der Waals surface area contributed by atoms with Gasteiger partial charge < -0.3 is 10.1 Å². The lowest BCUT2D eigenvalue weighted by atomic mass is 10.1. The summed E-state index contributed by atoms with van der Waals surface area (Å²) in [5.41, 5.74) is -0.540. The minimum atomic E-state index is -4.24. The van der Waals surface area contributed by atoms with Crippen LogP contribution in [0.15, 0.2) is 65.6 Å². The van der Waals surface area contributed by atoms with Gasteiger partial charge in [0, 0.05) is 17.8 Å². The summed E-state index contributed by atoms with van der Waals surface area (Å²) in [4.78, 5) is 33.8. The molecule has 0 heterocycles. The number of hydrogen-bond donors (Lipinski definition) is 2. The van der Waals surface area contributed by atoms with Crippen molar-refractivity contribution < 1.29 is 36.4 Å². The lowest BCUT2D eigenvalue weighted by Gasteiger charge is -2.10. The Balaban J connectivity index is 1.59. The first-order chi connectivity index (χ1) is 17.0. The highest BCUT2D eigenvalue weighted by Gasteiger charge is 2.18. The number of rotatable bonds is 8. The molecule has 0 atom stereocenters. The van der Waals surface area contributed by atoms with Crippen molar-refractivity contribution in [2.45, 2.75) is 4.90 Å². The maximum atomic E-state index is 13.3. The van der Waals surface area contributed by atoms with Crippen molar-refractivity contribution in [3.63, 3.8) is 0 Å². The van der Waals surface area contributed by atoms with Crippen LogP contribution in [0.3, 0.4) is 0 Å². The van der Waals surface area contributed by atoms with Crippen LogP contribution >= 0.6 is 0 Å². The Labute approximate surface area is 202 Å². The zero-order valence-corrected chi connectivity index (χ0v) is 18.7. The molecule has 0 saturated carbocycles. The fourth-order valence-electron chi connectivity index (χ4n) is 2.78. The van der Waals surface area contributed by atoms with Crippen molar-refractivity contribution in [3.8, 4) is 6.07 Å². The number of carbonyl (C=O) groups excluding carboxylic acids is 2. The molecule has 0 aliphatic heterocycles. The summed E-state index contributed by atoms with van der Waals surface area (Å²) in [6.45, 7) is -0.745. The number of ether oxygens (including phenoxy) is 1. The number of nitrogens with zero attached hydrogens (tertiary/aromatic N) is 2. The molecule has 11 nitrogen and oxygen atoms in total. The molecule has 0 bridgehead atoms. The first-order valence-corrected chi connectivity index (χ1v) is 11.2. The van der Waals surface area contributed by atoms with E-state index in [9.17, 15) is 36.9 Å². The third kappa shape index (κ3) is 6.15. The topological polar surface area (TPSA) is 168 Å². The van der Waals surface area contributed by atoms with Crippen LogP contribution in [0.4, 0.5) is 25.8 Å². The van der Waals surface area contributed by atoms with Gasteiger partial charge in [0.05, 0.1) is 26.6 Å². The fourth-order valence-corrected chi connectivity index (χ4v) is 3.85. The van der Waals surface area contributed by atoms with Crippen LogP contribution < -0.4 is 10.0 Å². The van der Waals surface area contributed by atoms with Crippen molar-refractivity contribution in [1.29, 1.82) is 5.26 Å². The Hall–Kier alpha value is -4.90. The second kappa shape index (κ2) is 10.6. The second-order valence-electron chi connectivity index (χ2n) is 6.98. The average molecular weight is 516 g/mol. The van der Waals surface area contributed by atoms with Crippen molar-refractivity contribution >= 4 is 39.0 Å². The standard InChI is InChI=1S/C22H14F2N4O7S/c23-18-7-6-17(10-19(18)24)36(33,34)27-15-3-1-13(2-4-15)22(30)35-12-21(29)26-20-8-5-16(28(31)32)9-14(20)11-25/h1-10,27H,12H2,(H,26,29). The van der Waals surface area contributed by atoms with Gasteiger partial charge in [0.25, 0.3) is 21.6 Å². The average Bonchev–Trinajstić information content (AvgIpc) is 2.84. The summed E-state index contributed by atoms with van der Waals surface area (Å²) in [6.07, 6.45) is 0. The molecule has 3 rings (SSSR count). The Morgan fingerprint density at radius 1 is 1.03 bits per heavy atom. The second-order valence-corrected chi connectivity index (χ2v) is 8.66. The Morgan fingerprint density at radius 3 is 2.33 bits per heavy atom. The maximum Gasteiger partial charge on any atom is 0.338 e. The summed E-state index contributed by atoms with van der Waals surface area (Å²) in [5.74, 6) is -4.28. The summed E-state index contributed by atoms with van der Waals surface area (Å²) in [6, 6.07) is 11.8. The number of nitro benzene ring substituents is 1. The van der Waals surface area contributed by atoms with E-state index in [1.54, 1.807) is 6.07 Å². The van der Waals surface area contributed by atoms with Gasteiger partial charge in [-0.1, -0.05) is 0 Å². The first kappa shape index (κ1) is 25.7. The first-order valence-electron chi connectivity index (χ1n) is 9.73. The van der Waals surface area contributed by atoms with E-state index >= 15 is 0 Å². The molecular weight excluding hydrogens is 502 g/mol. The van der Waals surface area contributed by atoms with E-state index in [-0.39, 0.29) is 28.2 Å². The molecule has 3 aromatic carbocycles. The highest BCUT2D eigenvalue weighted by Crippen LogP contribution is 2.22. The molecule has 2 N–H and O–H groups in total. The van der Waals surface area contributed by atoms with Gasteiger partial charge in [-0.25, -0.2) is 22.0 Å². The van der Waals surface area contributed by atoms with E-state index in [0.29, 0.717) is 12.1 Å². The zero-order valence-electron chi connectivity index (χ0n) is 17.9. The highest BCUT2D eigenvalue weighted by molar-refractivity contribution is 7.92. The van der Waals surface area contributed by atoms with Gasteiger partial charge >= 0.3 is 5.97 Å². The molecule has 184 valence electrons. The van der Waals surface area contributed by atoms with Gasteiger partial charge in [-0.05, 0) is 48.5 Å². The molecule has 0 aliphatic rings. The number of non-ortho nitro benzene ring substituents is 1. The summed E-state index contributed by atoms with van der Waals surface area (Å²) >= 11 is 0. The largest absolute Gasteiger partial charge is 0.452 e. The van der Waals surface area contributed by atoms with Crippen LogP contribution in [0, 0.1) is 33.1 Å². The number of halogens is 2. The van der Waals surface area contributed by atoms with E-state index in [0.717, 1.165) is 24.3 Å². The van der Waals surface area contributed by atoms with Crippen molar-refractivity contribution in [2.24, 2.45) is 0 Å². The molecule has 0 aliphatic carbocycles. The van der Waals surface area contributed by atoms with E-state index in [2.05, 4.69) is 10.0 Å². The number of nitro groups is 1. The number of anilines is 2. The fraction of sp³-hybridized carbons (Fsp3) is 0.0455. The van der Waals surface area contributed by atoms with Crippen LogP contribution in [0.5, 0.6) is 0 Å². The monoisotopic (exact) mass is 516 g/mol. The lowest BCUT2D eigenvalue weighted by molar-refractivity contribution is -0.384. The minimum absolute atomic E-state index is 0.0104. The van der Waals surface area contributed by atoms with Gasteiger partial charge in [-0.3, -0.25) is 19.6 Å². The van der Waals surface area contributed by atoms with Crippen molar-refractivity contribution in [1.82, 2.24) is 0 Å². The molecule has 0 spiro atoms. The smallest absolute Gasteiger partial charge is 0.338 e. The number of esters is 1. The number of carbonyl (C=O) groups is 2. The SMILES string of the molecule is N#Cc1cc([N+](=O)[O-])ccc1NC(=O)COC(=O)c1ccc(NS(=O)(=O)c2ccc(F)c(F)c2)cc1. The third-order valence-electron chi connectivity index (χ3n) is 4.52. The van der Waals surface area contributed by atoms with Gasteiger partial charge in [0.15, 0.2) is 18.2 Å². The van der Waals surface area contributed by atoms with Crippen LogP contribution in [0.1, 0.15) is 15.9 Å². The highest BCUT2D eigenvalue weighted by atomic mass is 32.2. The summed E-state index contributed by atoms with van der Waals surface area (Å²) < 4.78 is 58.0. The van der Waals surface area contributed by atoms with Crippen LogP contribution in [0.2, 0.25) is 0 Å². The molecule has 3 aromatic rings. The maximum absolute atomic E-state index is 13.3. The number of benzene rings is 3. The predicted octanol–water partition coefficient (Wildman–Crippen LogP) is 3.34. The number of nitriles is 1. The van der Waals surface area contributed by atoms with Crippen molar-refractivity contribution in [2.75, 3.05) is 16.6 Å². The minimum Gasteiger partial charge on any atom is -0.452 e. The normalized spacial score (nSPS) is 10.7. The van der Waals surface area contributed by atoms with Crippen LogP contribution in [-0.4, -0.2) is 31.8 Å². The number of hydrogen-bond acceptors (Lipinski definition) is 8. The number of sulfonamides is 1. The Kier molecular flexibility index (Phi) is 7.55. The van der Waals surface area contributed by atoms with Crippen molar-refractivity contribution in [3.05, 3.63) is 93.5 Å². The molecule has 1 amide bonds. The predicted molar refractivity (Wildman–Crippen MR) is 120 cm³/mol. The van der Waals surface area contributed by atoms with E-state index < -0.39 is 50.0 Å². The quantitative estimate of drug-likeness (QED) is 0.261. The summed E-state index contributed by atoms with van der Waals surface area (Å²) in [7, 11) is -4.24. The molecule has 36 heavy (non-hydrogen) atoms.